The minimum absolute atomic E-state index is 0.333. The van der Waals surface area contributed by atoms with E-state index < -0.39 is 0 Å². The molecule has 1 saturated heterocycles. The van der Waals surface area contributed by atoms with Crippen molar-refractivity contribution < 1.29 is 5.11 Å². The van der Waals surface area contributed by atoms with E-state index in [-0.39, 0.29) is 0 Å². The van der Waals surface area contributed by atoms with Gasteiger partial charge in [-0.1, -0.05) is 19.3 Å². The molecule has 106 valence electrons. The largest absolute Gasteiger partial charge is 0.396 e. The van der Waals surface area contributed by atoms with Crippen LogP contribution in [-0.2, 0) is 0 Å². The molecule has 0 bridgehead atoms. The van der Waals surface area contributed by atoms with Crippen molar-refractivity contribution in [3.05, 3.63) is 0 Å². The molecule has 3 heteroatoms. The highest BCUT2D eigenvalue weighted by atomic mass is 16.2. The van der Waals surface area contributed by atoms with Crippen molar-refractivity contribution in [2.24, 2.45) is 5.92 Å². The third-order valence-electron chi connectivity index (χ3n) is 4.68. The molecule has 3 atom stereocenters. The van der Waals surface area contributed by atoms with Crippen LogP contribution in [0.25, 0.3) is 0 Å². The Morgan fingerprint density at radius 1 is 1.00 bits per heavy atom. The molecule has 18 heavy (non-hydrogen) atoms. The molecule has 2 aliphatic rings. The smallest absolute Gasteiger partial charge is 0.0431 e. The van der Waals surface area contributed by atoms with Gasteiger partial charge in [-0.2, -0.15) is 0 Å². The summed E-state index contributed by atoms with van der Waals surface area (Å²) in [5.74, 6) is 0.841. The number of rotatable bonds is 6. The molecule has 0 aromatic heterocycles. The number of aliphatic hydroxyl groups is 1. The van der Waals surface area contributed by atoms with Crippen molar-refractivity contribution in [3.63, 3.8) is 0 Å². The van der Waals surface area contributed by atoms with E-state index in [0.717, 1.165) is 31.3 Å². The van der Waals surface area contributed by atoms with Crippen LogP contribution in [0.15, 0.2) is 0 Å². The van der Waals surface area contributed by atoms with Gasteiger partial charge < -0.3 is 15.7 Å². The van der Waals surface area contributed by atoms with E-state index >= 15 is 0 Å². The lowest BCUT2D eigenvalue weighted by Gasteiger charge is -2.40. The molecule has 0 aromatic carbocycles. The van der Waals surface area contributed by atoms with E-state index in [9.17, 15) is 0 Å². The minimum Gasteiger partial charge on any atom is -0.396 e. The lowest BCUT2D eigenvalue weighted by molar-refractivity contribution is 0.181. The summed E-state index contributed by atoms with van der Waals surface area (Å²) in [6, 6.07) is 1.47. The van der Waals surface area contributed by atoms with Crippen LogP contribution in [0, 0.1) is 5.92 Å². The Balaban J connectivity index is 1.77. The highest BCUT2D eigenvalue weighted by Crippen LogP contribution is 2.30. The number of piperidine rings is 1. The zero-order chi connectivity index (χ0) is 12.6. The van der Waals surface area contributed by atoms with Gasteiger partial charge in [0, 0.05) is 18.7 Å². The highest BCUT2D eigenvalue weighted by molar-refractivity contribution is 4.90. The molecule has 2 rings (SSSR count). The van der Waals surface area contributed by atoms with Gasteiger partial charge in [0.25, 0.3) is 0 Å². The van der Waals surface area contributed by atoms with Gasteiger partial charge in [0.15, 0.2) is 0 Å². The number of aliphatic hydroxyl groups excluding tert-OH is 1. The highest BCUT2D eigenvalue weighted by Gasteiger charge is 2.31. The normalized spacial score (nSPS) is 33.5. The molecule has 1 heterocycles. The average molecular weight is 254 g/mol. The zero-order valence-electron chi connectivity index (χ0n) is 11.7. The number of hydrogen-bond acceptors (Lipinski definition) is 3. The molecule has 1 aliphatic heterocycles. The minimum atomic E-state index is 0.333. The second-order valence-electron chi connectivity index (χ2n) is 6.00. The summed E-state index contributed by atoms with van der Waals surface area (Å²) in [5.41, 5.74) is 0. The Morgan fingerprint density at radius 3 is 2.61 bits per heavy atom. The zero-order valence-corrected chi connectivity index (χ0v) is 11.7. The first-order valence-electron chi connectivity index (χ1n) is 7.99. The maximum atomic E-state index is 8.82. The second-order valence-corrected chi connectivity index (χ2v) is 6.00. The van der Waals surface area contributed by atoms with E-state index in [2.05, 4.69) is 10.6 Å². The Labute approximate surface area is 112 Å². The lowest BCUT2D eigenvalue weighted by Crippen LogP contribution is -2.50. The molecule has 2 fully saturated rings. The predicted molar refractivity (Wildman–Crippen MR) is 75.7 cm³/mol. The van der Waals surface area contributed by atoms with Crippen molar-refractivity contribution >= 4 is 0 Å². The van der Waals surface area contributed by atoms with E-state index in [0.29, 0.717) is 12.6 Å². The van der Waals surface area contributed by atoms with Gasteiger partial charge in [-0.05, 0) is 57.5 Å². The van der Waals surface area contributed by atoms with Gasteiger partial charge in [-0.15, -0.1) is 0 Å². The predicted octanol–water partition coefficient (Wildman–Crippen LogP) is 2.05. The molecular weight excluding hydrogens is 224 g/mol. The monoisotopic (exact) mass is 254 g/mol. The van der Waals surface area contributed by atoms with E-state index in [1.165, 1.54) is 51.5 Å². The van der Waals surface area contributed by atoms with Crippen LogP contribution in [0.5, 0.6) is 0 Å². The second kappa shape index (κ2) is 8.13. The third kappa shape index (κ3) is 4.22. The van der Waals surface area contributed by atoms with Crippen molar-refractivity contribution in [1.82, 2.24) is 10.6 Å². The lowest BCUT2D eigenvalue weighted by atomic mass is 9.77. The molecule has 3 nitrogen and oxygen atoms in total. The Hall–Kier alpha value is -0.120. The molecule has 3 N–H and O–H groups in total. The van der Waals surface area contributed by atoms with E-state index in [1.807, 2.05) is 0 Å². The summed E-state index contributed by atoms with van der Waals surface area (Å²) < 4.78 is 0. The fraction of sp³-hybridized carbons (Fsp3) is 1.00. The van der Waals surface area contributed by atoms with Gasteiger partial charge in [0.05, 0.1) is 0 Å². The van der Waals surface area contributed by atoms with Crippen LogP contribution < -0.4 is 10.6 Å². The van der Waals surface area contributed by atoms with E-state index in [1.54, 1.807) is 0 Å². The Morgan fingerprint density at radius 2 is 1.83 bits per heavy atom. The van der Waals surface area contributed by atoms with Crippen LogP contribution in [0.1, 0.15) is 57.8 Å². The molecule has 0 spiro atoms. The van der Waals surface area contributed by atoms with Crippen LogP contribution in [0.3, 0.4) is 0 Å². The van der Waals surface area contributed by atoms with Crippen molar-refractivity contribution in [2.75, 3.05) is 19.7 Å². The maximum absolute atomic E-state index is 8.82. The number of nitrogens with one attached hydrogen (secondary N) is 2. The van der Waals surface area contributed by atoms with Crippen LogP contribution >= 0.6 is 0 Å². The number of hydrogen-bond donors (Lipinski definition) is 3. The molecule has 0 radical (unpaired) electrons. The summed E-state index contributed by atoms with van der Waals surface area (Å²) in [4.78, 5) is 0. The quantitative estimate of drug-likeness (QED) is 0.636. The molecule has 3 unspecified atom stereocenters. The van der Waals surface area contributed by atoms with Gasteiger partial charge in [0.2, 0.25) is 0 Å². The van der Waals surface area contributed by atoms with Crippen molar-refractivity contribution in [2.45, 2.75) is 69.9 Å². The SMILES string of the molecule is OCCCCNC1CCCCC1C1CCCCN1. The fourth-order valence-corrected chi connectivity index (χ4v) is 3.66. The van der Waals surface area contributed by atoms with E-state index in [4.69, 9.17) is 5.11 Å². The topological polar surface area (TPSA) is 44.3 Å². The van der Waals surface area contributed by atoms with Gasteiger partial charge in [-0.3, -0.25) is 0 Å². The molecular formula is C15H30N2O. The first kappa shape index (κ1) is 14.3. The van der Waals surface area contributed by atoms with Crippen LogP contribution in [0.4, 0.5) is 0 Å². The van der Waals surface area contributed by atoms with Crippen LogP contribution in [-0.4, -0.2) is 36.9 Å². The van der Waals surface area contributed by atoms with Crippen molar-refractivity contribution in [3.8, 4) is 0 Å². The first-order chi connectivity index (χ1) is 8.92. The molecule has 0 aromatic rings. The molecule has 0 amide bonds. The summed E-state index contributed by atoms with van der Waals surface area (Å²) >= 11 is 0. The van der Waals surface area contributed by atoms with Gasteiger partial charge in [0.1, 0.15) is 0 Å². The maximum Gasteiger partial charge on any atom is 0.0431 e. The summed E-state index contributed by atoms with van der Waals surface area (Å²) in [6.45, 7) is 2.63. The average Bonchev–Trinajstić information content (AvgIpc) is 2.45. The Bertz CT molecular complexity index is 217. The van der Waals surface area contributed by atoms with Crippen LogP contribution in [0.2, 0.25) is 0 Å². The Kier molecular flexibility index (Phi) is 6.46. The van der Waals surface area contributed by atoms with Crippen molar-refractivity contribution in [1.29, 1.82) is 0 Å². The summed E-state index contributed by atoms with van der Waals surface area (Å²) in [7, 11) is 0. The summed E-state index contributed by atoms with van der Waals surface area (Å²) in [6.07, 6.45) is 11.7. The van der Waals surface area contributed by atoms with Gasteiger partial charge >= 0.3 is 0 Å². The molecule has 1 saturated carbocycles. The summed E-state index contributed by atoms with van der Waals surface area (Å²) in [5, 5.41) is 16.3. The van der Waals surface area contributed by atoms with Gasteiger partial charge in [-0.25, -0.2) is 0 Å². The number of unbranched alkanes of at least 4 members (excludes halogenated alkanes) is 1. The molecule has 1 aliphatic carbocycles. The fourth-order valence-electron chi connectivity index (χ4n) is 3.66. The standard InChI is InChI=1S/C15H30N2O/c18-12-6-5-11-17-14-8-2-1-7-13(14)15-9-3-4-10-16-15/h13-18H,1-12H2. The first-order valence-corrected chi connectivity index (χ1v) is 7.99. The third-order valence-corrected chi connectivity index (χ3v) is 4.68.